The van der Waals surface area contributed by atoms with E-state index in [4.69, 9.17) is 40.0 Å². The fourth-order valence-electron chi connectivity index (χ4n) is 1.97. The second kappa shape index (κ2) is 14.6. The third kappa shape index (κ3) is 13.6. The minimum absolute atomic E-state index is 0.00859. The Hall–Kier alpha value is -0.480. The van der Waals surface area contributed by atoms with Crippen molar-refractivity contribution in [3.8, 4) is 5.75 Å². The number of aromatic hydroxyl groups is 1. The monoisotopic (exact) mass is 488 g/mol. The molecule has 31 heavy (non-hydrogen) atoms. The van der Waals surface area contributed by atoms with E-state index >= 15 is 0 Å². The molecular formula is C19H38O10P2. The van der Waals surface area contributed by atoms with Gasteiger partial charge in [0.2, 0.25) is 0 Å². The maximum absolute atomic E-state index is 9.84. The molecule has 0 heterocycles. The molecule has 184 valence electrons. The lowest BCUT2D eigenvalue weighted by atomic mass is 9.80. The Balaban J connectivity index is 0. The van der Waals surface area contributed by atoms with Gasteiger partial charge in [-0.25, -0.2) is 4.31 Å². The molecular weight excluding hydrogens is 450 g/mol. The maximum Gasteiger partial charge on any atom is 0.334 e. The van der Waals surface area contributed by atoms with Gasteiger partial charge in [0.25, 0.3) is 0 Å². The van der Waals surface area contributed by atoms with Gasteiger partial charge < -0.3 is 45.1 Å². The maximum atomic E-state index is 9.84. The molecule has 0 atom stereocenters. The molecule has 0 amide bonds. The van der Waals surface area contributed by atoms with E-state index in [9.17, 15) is 5.11 Å². The quantitative estimate of drug-likeness (QED) is 0.264. The van der Waals surface area contributed by atoms with Crippen LogP contribution in [-0.2, 0) is 15.1 Å². The number of aliphatic hydroxyl groups is 4. The van der Waals surface area contributed by atoms with E-state index < -0.39 is 49.0 Å². The van der Waals surface area contributed by atoms with Gasteiger partial charge in [0.15, 0.2) is 0 Å². The molecule has 0 saturated heterocycles. The first-order chi connectivity index (χ1) is 14.0. The van der Waals surface area contributed by atoms with E-state index in [1.807, 2.05) is 6.07 Å². The van der Waals surface area contributed by atoms with Crippen molar-refractivity contribution >= 4 is 17.2 Å². The van der Waals surface area contributed by atoms with Crippen molar-refractivity contribution in [2.24, 2.45) is 5.41 Å². The number of hydrogen-bond acceptors (Lipinski definition) is 10. The van der Waals surface area contributed by atoms with Crippen molar-refractivity contribution in [3.05, 3.63) is 29.3 Å². The van der Waals surface area contributed by atoms with Crippen LogP contribution in [0.1, 0.15) is 52.7 Å². The molecule has 0 saturated carbocycles. The largest absolute Gasteiger partial charge is 0.508 e. The Kier molecular flexibility index (Phi) is 15.4. The van der Waals surface area contributed by atoms with Gasteiger partial charge in [0, 0.05) is 0 Å². The normalized spacial score (nSPS) is 12.3. The predicted octanol–water partition coefficient (Wildman–Crippen LogP) is 1.36. The van der Waals surface area contributed by atoms with E-state index in [-0.39, 0.29) is 10.8 Å². The Morgan fingerprint density at radius 3 is 1.29 bits per heavy atom. The Bertz CT molecular complexity index is 585. The fourth-order valence-corrected chi connectivity index (χ4v) is 2.49. The Morgan fingerprint density at radius 1 is 0.710 bits per heavy atom. The summed E-state index contributed by atoms with van der Waals surface area (Å²) in [7, 11) is -5.22. The molecule has 0 aliphatic rings. The second-order valence-electron chi connectivity index (χ2n) is 8.95. The van der Waals surface area contributed by atoms with Crippen molar-refractivity contribution in [3.63, 3.8) is 0 Å². The van der Waals surface area contributed by atoms with Crippen molar-refractivity contribution in [2.75, 3.05) is 26.4 Å². The molecule has 0 radical (unpaired) electrons. The standard InChI is InChI=1S/C14H22O.C5H12O4.H4O5P2/c1-13(2,3)10-7-8-12(15)11(9-10)14(4,5)6;6-1-5(2-7,3-8)4-9;1-6(2)5-7(3)4/h7-9,15H,1-6H3;6-9H,1-4H2;1-4H. The number of aliphatic hydroxyl groups excluding tert-OH is 4. The molecule has 0 spiro atoms. The van der Waals surface area contributed by atoms with E-state index in [1.165, 1.54) is 5.56 Å². The molecule has 9 N–H and O–H groups in total. The summed E-state index contributed by atoms with van der Waals surface area (Å²) in [6, 6.07) is 5.93. The molecule has 0 fully saturated rings. The Morgan fingerprint density at radius 2 is 1.10 bits per heavy atom. The van der Waals surface area contributed by atoms with Crippen LogP contribution in [0.2, 0.25) is 0 Å². The molecule has 0 aliphatic heterocycles. The van der Waals surface area contributed by atoms with Crippen LogP contribution in [0.5, 0.6) is 5.75 Å². The van der Waals surface area contributed by atoms with Gasteiger partial charge in [-0.3, -0.25) is 0 Å². The van der Waals surface area contributed by atoms with Crippen LogP contribution >= 0.6 is 17.2 Å². The zero-order chi connectivity index (χ0) is 25.0. The van der Waals surface area contributed by atoms with E-state index in [0.29, 0.717) is 5.75 Å². The average molecular weight is 488 g/mol. The minimum Gasteiger partial charge on any atom is -0.508 e. The predicted molar refractivity (Wildman–Crippen MR) is 120 cm³/mol. The fraction of sp³-hybridized carbons (Fsp3) is 0.684. The lowest BCUT2D eigenvalue weighted by molar-refractivity contribution is -0.0328. The highest BCUT2D eigenvalue weighted by Crippen LogP contribution is 2.41. The summed E-state index contributed by atoms with van der Waals surface area (Å²) in [4.78, 5) is 31.3. The minimum atomic E-state index is -2.61. The highest BCUT2D eigenvalue weighted by atomic mass is 31.2. The molecule has 0 aliphatic carbocycles. The summed E-state index contributed by atoms with van der Waals surface area (Å²) < 4.78 is 3.60. The number of benzene rings is 1. The first kappa shape index (κ1) is 32.7. The van der Waals surface area contributed by atoms with Crippen LogP contribution in [0.4, 0.5) is 0 Å². The van der Waals surface area contributed by atoms with Crippen molar-refractivity contribution < 1.29 is 49.4 Å². The summed E-state index contributed by atoms with van der Waals surface area (Å²) in [6.45, 7) is 11.3. The zero-order valence-corrected chi connectivity index (χ0v) is 20.7. The van der Waals surface area contributed by atoms with Gasteiger partial charge in [-0.15, -0.1) is 0 Å². The van der Waals surface area contributed by atoms with Crippen LogP contribution in [-0.4, -0.2) is 71.5 Å². The second-order valence-corrected chi connectivity index (χ2v) is 10.6. The van der Waals surface area contributed by atoms with Gasteiger partial charge in [-0.05, 0) is 28.0 Å². The number of phenolic OH excluding ortho intramolecular Hbond substituents is 1. The van der Waals surface area contributed by atoms with Crippen LogP contribution in [0, 0.1) is 5.41 Å². The first-order valence-electron chi connectivity index (χ1n) is 9.31. The summed E-state index contributed by atoms with van der Waals surface area (Å²) in [5.41, 5.74) is 1.30. The molecule has 0 aromatic heterocycles. The number of rotatable bonds is 6. The van der Waals surface area contributed by atoms with Crippen LogP contribution in [0.3, 0.4) is 0 Å². The van der Waals surface area contributed by atoms with Gasteiger partial charge in [0.05, 0.1) is 31.8 Å². The van der Waals surface area contributed by atoms with E-state index in [1.54, 1.807) is 6.07 Å². The Labute approximate surface area is 186 Å². The molecule has 1 aromatic carbocycles. The highest BCUT2D eigenvalue weighted by Gasteiger charge is 2.26. The summed E-state index contributed by atoms with van der Waals surface area (Å²) in [6.07, 6.45) is 0. The highest BCUT2D eigenvalue weighted by molar-refractivity contribution is 7.53. The number of phenols is 1. The smallest absolute Gasteiger partial charge is 0.334 e. The van der Waals surface area contributed by atoms with Crippen molar-refractivity contribution in [2.45, 2.75) is 52.4 Å². The third-order valence-electron chi connectivity index (χ3n) is 4.16. The van der Waals surface area contributed by atoms with Gasteiger partial charge in [0.1, 0.15) is 5.75 Å². The summed E-state index contributed by atoms with van der Waals surface area (Å²) >= 11 is 0. The van der Waals surface area contributed by atoms with Crippen LogP contribution in [0.15, 0.2) is 18.2 Å². The molecule has 1 aromatic rings. The number of hydrogen-bond donors (Lipinski definition) is 9. The van der Waals surface area contributed by atoms with Crippen LogP contribution < -0.4 is 0 Å². The third-order valence-corrected chi connectivity index (χ3v) is 5.33. The molecule has 1 rings (SSSR count). The zero-order valence-electron chi connectivity index (χ0n) is 18.9. The lowest BCUT2D eigenvalue weighted by Crippen LogP contribution is -2.37. The van der Waals surface area contributed by atoms with Crippen molar-refractivity contribution in [1.29, 1.82) is 0 Å². The van der Waals surface area contributed by atoms with Gasteiger partial charge in [-0.2, -0.15) is 0 Å². The lowest BCUT2D eigenvalue weighted by Gasteiger charge is -2.25. The average Bonchev–Trinajstić information content (AvgIpc) is 2.62. The SMILES string of the molecule is CC(C)(C)c1ccc(O)c(C(C)(C)C)c1.OCC(CO)(CO)CO.OP(O)OP(O)O. The van der Waals surface area contributed by atoms with Gasteiger partial charge in [-0.1, -0.05) is 53.7 Å². The summed E-state index contributed by atoms with van der Waals surface area (Å²) in [5.74, 6) is 0.399. The van der Waals surface area contributed by atoms with Crippen molar-refractivity contribution in [1.82, 2.24) is 0 Å². The first-order valence-corrected chi connectivity index (χ1v) is 11.6. The molecule has 12 heteroatoms. The van der Waals surface area contributed by atoms with E-state index in [0.717, 1.165) is 5.56 Å². The van der Waals surface area contributed by atoms with E-state index in [2.05, 4.69) is 51.9 Å². The molecule has 10 nitrogen and oxygen atoms in total. The topological polar surface area (TPSA) is 191 Å². The molecule has 0 unspecified atom stereocenters. The summed E-state index contributed by atoms with van der Waals surface area (Å²) in [5, 5.41) is 43.8. The van der Waals surface area contributed by atoms with Gasteiger partial charge >= 0.3 is 17.2 Å². The van der Waals surface area contributed by atoms with Crippen LogP contribution in [0.25, 0.3) is 0 Å². The molecule has 0 bridgehead atoms.